The number of aliphatic hydroxyl groups is 1. The third-order valence-corrected chi connectivity index (χ3v) is 5.86. The van der Waals surface area contributed by atoms with Crippen LogP contribution < -0.4 is 10.9 Å². The molecule has 1 saturated heterocycles. The maximum Gasteiger partial charge on any atom is 0.251 e. The summed E-state index contributed by atoms with van der Waals surface area (Å²) >= 11 is 5.75. The van der Waals surface area contributed by atoms with Gasteiger partial charge in [0.05, 0.1) is 29.5 Å². The Kier molecular flexibility index (Phi) is 6.83. The summed E-state index contributed by atoms with van der Waals surface area (Å²) < 4.78 is 20.8. The van der Waals surface area contributed by atoms with Crippen molar-refractivity contribution in [1.82, 2.24) is 14.5 Å². The van der Waals surface area contributed by atoms with Crippen molar-refractivity contribution in [3.8, 4) is 11.3 Å². The van der Waals surface area contributed by atoms with Crippen molar-refractivity contribution in [2.75, 3.05) is 18.5 Å². The van der Waals surface area contributed by atoms with E-state index < -0.39 is 11.9 Å². The maximum absolute atomic E-state index is 13.9. The fourth-order valence-corrected chi connectivity index (χ4v) is 4.00. The van der Waals surface area contributed by atoms with Crippen LogP contribution in [-0.4, -0.2) is 45.0 Å². The van der Waals surface area contributed by atoms with Gasteiger partial charge in [-0.1, -0.05) is 17.7 Å². The molecule has 3 aromatic rings. The molecular weight excluding hydrogens is 435 g/mol. The van der Waals surface area contributed by atoms with Crippen molar-refractivity contribution < 1.29 is 14.2 Å². The van der Waals surface area contributed by atoms with Crippen LogP contribution in [0.5, 0.6) is 0 Å². The zero-order valence-corrected chi connectivity index (χ0v) is 18.3. The molecule has 0 saturated carbocycles. The molecule has 4 rings (SSSR count). The van der Waals surface area contributed by atoms with Crippen molar-refractivity contribution in [2.24, 2.45) is 0 Å². The number of nitrogens with one attached hydrogen (secondary N) is 1. The first-order chi connectivity index (χ1) is 15.4. The lowest BCUT2D eigenvalue weighted by Crippen LogP contribution is -2.33. The molecule has 0 bridgehead atoms. The quantitative estimate of drug-likeness (QED) is 0.586. The number of aliphatic hydroxyl groups excluding tert-OH is 1. The summed E-state index contributed by atoms with van der Waals surface area (Å²) in [6, 6.07) is 8.62. The predicted octanol–water partition coefficient (Wildman–Crippen LogP) is 3.66. The van der Waals surface area contributed by atoms with Crippen LogP contribution in [-0.2, 0) is 4.74 Å². The molecule has 0 spiro atoms. The molecule has 1 aliphatic rings. The molecule has 0 radical (unpaired) electrons. The first kappa shape index (κ1) is 22.4. The minimum absolute atomic E-state index is 0.0171. The van der Waals surface area contributed by atoms with Gasteiger partial charge in [-0.15, -0.1) is 0 Å². The number of hydrogen-bond acceptors (Lipinski definition) is 6. The Morgan fingerprint density at radius 3 is 2.91 bits per heavy atom. The van der Waals surface area contributed by atoms with Gasteiger partial charge in [0.2, 0.25) is 5.95 Å². The number of anilines is 1. The Morgan fingerprint density at radius 2 is 2.19 bits per heavy atom. The third-order valence-electron chi connectivity index (χ3n) is 5.55. The van der Waals surface area contributed by atoms with Crippen LogP contribution in [0.2, 0.25) is 5.02 Å². The second-order valence-electron chi connectivity index (χ2n) is 7.85. The van der Waals surface area contributed by atoms with E-state index in [1.807, 2.05) is 6.92 Å². The summed E-state index contributed by atoms with van der Waals surface area (Å²) in [6.07, 6.45) is 5.15. The summed E-state index contributed by atoms with van der Waals surface area (Å²) in [7, 11) is 0. The lowest BCUT2D eigenvalue weighted by molar-refractivity contribution is 0.0231. The Labute approximate surface area is 189 Å². The first-order valence-corrected chi connectivity index (χ1v) is 10.8. The summed E-state index contributed by atoms with van der Waals surface area (Å²) in [4.78, 5) is 21.7. The van der Waals surface area contributed by atoms with E-state index in [-0.39, 0.29) is 29.3 Å². The van der Waals surface area contributed by atoms with E-state index in [4.69, 9.17) is 16.3 Å². The summed E-state index contributed by atoms with van der Waals surface area (Å²) in [5.74, 6) is -0.108. The summed E-state index contributed by atoms with van der Waals surface area (Å²) in [6.45, 7) is 2.36. The van der Waals surface area contributed by atoms with Crippen LogP contribution in [0.3, 0.4) is 0 Å². The molecule has 3 unspecified atom stereocenters. The van der Waals surface area contributed by atoms with Gasteiger partial charge in [-0.2, -0.15) is 0 Å². The Balaban J connectivity index is 1.57. The van der Waals surface area contributed by atoms with E-state index in [1.54, 1.807) is 30.6 Å². The minimum Gasteiger partial charge on any atom is -0.394 e. The third kappa shape index (κ3) is 4.98. The van der Waals surface area contributed by atoms with E-state index in [0.717, 1.165) is 12.8 Å². The molecule has 1 aliphatic heterocycles. The van der Waals surface area contributed by atoms with Gasteiger partial charge in [0.15, 0.2) is 0 Å². The van der Waals surface area contributed by atoms with Crippen LogP contribution in [0, 0.1) is 5.82 Å². The molecule has 3 heterocycles. The number of rotatable bonds is 6. The molecule has 168 valence electrons. The summed E-state index contributed by atoms with van der Waals surface area (Å²) in [5, 5.41) is 13.2. The molecule has 2 aromatic heterocycles. The number of halogens is 2. The fraction of sp³-hybridized carbons (Fsp3) is 0.348. The second kappa shape index (κ2) is 9.77. The molecule has 7 nitrogen and oxygen atoms in total. The zero-order chi connectivity index (χ0) is 22.7. The molecule has 1 aromatic carbocycles. The van der Waals surface area contributed by atoms with Crippen LogP contribution in [0.25, 0.3) is 11.3 Å². The molecule has 0 amide bonds. The number of ether oxygens (including phenoxy) is 1. The lowest BCUT2D eigenvalue weighted by atomic mass is 10.0. The smallest absolute Gasteiger partial charge is 0.251 e. The van der Waals surface area contributed by atoms with E-state index in [0.29, 0.717) is 29.4 Å². The van der Waals surface area contributed by atoms with Gasteiger partial charge in [-0.25, -0.2) is 14.4 Å². The number of aromatic nitrogens is 3. The lowest BCUT2D eigenvalue weighted by Gasteiger charge is -2.27. The van der Waals surface area contributed by atoms with E-state index in [2.05, 4.69) is 15.3 Å². The molecule has 3 atom stereocenters. The van der Waals surface area contributed by atoms with Gasteiger partial charge < -0.3 is 19.7 Å². The van der Waals surface area contributed by atoms with Crippen LogP contribution in [0.4, 0.5) is 10.3 Å². The van der Waals surface area contributed by atoms with Crippen LogP contribution >= 0.6 is 11.6 Å². The van der Waals surface area contributed by atoms with Crippen LogP contribution in [0.1, 0.15) is 31.4 Å². The highest BCUT2D eigenvalue weighted by molar-refractivity contribution is 6.30. The Bertz CT molecular complexity index is 1160. The van der Waals surface area contributed by atoms with Gasteiger partial charge in [-0.05, 0) is 49.6 Å². The minimum atomic E-state index is -0.735. The number of nitrogens with zero attached hydrogens (tertiary/aromatic N) is 3. The number of benzene rings is 1. The van der Waals surface area contributed by atoms with Crippen molar-refractivity contribution in [1.29, 1.82) is 0 Å². The molecule has 1 fully saturated rings. The predicted molar refractivity (Wildman–Crippen MR) is 120 cm³/mol. The average molecular weight is 459 g/mol. The number of pyridine rings is 1. The topological polar surface area (TPSA) is 89.3 Å². The second-order valence-corrected chi connectivity index (χ2v) is 8.25. The van der Waals surface area contributed by atoms with Gasteiger partial charge in [0.25, 0.3) is 5.56 Å². The standard InChI is InChI=1S/C23H24ClFN4O3/c1-14-10-17(6-9-32-14)27-23-26-7-4-20(28-23)15-5-8-29(22(31)12-15)21(13-30)16-2-3-18(24)19(25)11-16/h2-5,7-8,11-12,14,17,21,30H,6,9-10,13H2,1H3,(H,26,27,28). The summed E-state index contributed by atoms with van der Waals surface area (Å²) in [5.41, 5.74) is 1.33. The monoisotopic (exact) mass is 458 g/mol. The van der Waals surface area contributed by atoms with Crippen molar-refractivity contribution >= 4 is 17.5 Å². The molecular formula is C23H24ClFN4O3. The zero-order valence-electron chi connectivity index (χ0n) is 17.5. The number of hydrogen-bond donors (Lipinski definition) is 2. The highest BCUT2D eigenvalue weighted by Crippen LogP contribution is 2.24. The maximum atomic E-state index is 13.9. The van der Waals surface area contributed by atoms with Crippen molar-refractivity contribution in [2.45, 2.75) is 38.0 Å². The molecule has 2 N–H and O–H groups in total. The van der Waals surface area contributed by atoms with E-state index in [9.17, 15) is 14.3 Å². The van der Waals surface area contributed by atoms with Crippen molar-refractivity contribution in [3.05, 3.63) is 75.5 Å². The van der Waals surface area contributed by atoms with Gasteiger partial charge in [0, 0.05) is 36.7 Å². The molecule has 9 heteroatoms. The largest absolute Gasteiger partial charge is 0.394 e. The van der Waals surface area contributed by atoms with E-state index in [1.165, 1.54) is 22.8 Å². The van der Waals surface area contributed by atoms with Crippen molar-refractivity contribution in [3.63, 3.8) is 0 Å². The Hall–Kier alpha value is -2.81. The SMILES string of the molecule is CC1CC(Nc2nccc(-c3ccn(C(CO)c4ccc(Cl)c(F)c4)c(=O)c3)n2)CCO1. The first-order valence-electron chi connectivity index (χ1n) is 10.4. The van der Waals surface area contributed by atoms with Gasteiger partial charge in [-0.3, -0.25) is 4.79 Å². The molecule has 32 heavy (non-hydrogen) atoms. The van der Waals surface area contributed by atoms with Gasteiger partial charge >= 0.3 is 0 Å². The fourth-order valence-electron chi connectivity index (χ4n) is 3.88. The molecule has 0 aliphatic carbocycles. The highest BCUT2D eigenvalue weighted by atomic mass is 35.5. The normalized spacial score (nSPS) is 19.5. The van der Waals surface area contributed by atoms with Gasteiger partial charge in [0.1, 0.15) is 5.82 Å². The Morgan fingerprint density at radius 1 is 1.34 bits per heavy atom. The average Bonchev–Trinajstić information content (AvgIpc) is 2.78. The van der Waals surface area contributed by atoms with E-state index >= 15 is 0 Å². The van der Waals surface area contributed by atoms with Crippen LogP contribution in [0.15, 0.2) is 53.6 Å². The highest BCUT2D eigenvalue weighted by Gasteiger charge is 2.20.